The molecule has 0 N–H and O–H groups in total. The van der Waals surface area contributed by atoms with Crippen molar-refractivity contribution in [2.45, 2.75) is 31.7 Å². The molecule has 0 unspecified atom stereocenters. The van der Waals surface area contributed by atoms with E-state index in [0.717, 1.165) is 0 Å². The Labute approximate surface area is 226 Å². The summed E-state index contributed by atoms with van der Waals surface area (Å²) >= 11 is -0.251. The van der Waals surface area contributed by atoms with E-state index < -0.39 is 15.6 Å². The van der Waals surface area contributed by atoms with Crippen molar-refractivity contribution in [3.05, 3.63) is 116 Å². The minimum absolute atomic E-state index is 0.0554. The fraction of sp³-hybridized carbons (Fsp3) is 0.172. The molecular weight excluding hydrogens is 612 g/mol. The molecule has 8 heteroatoms. The molecule has 0 fully saturated rings. The van der Waals surface area contributed by atoms with Crippen LogP contribution in [0.1, 0.15) is 26.3 Å². The molecule has 37 heavy (non-hydrogen) atoms. The van der Waals surface area contributed by atoms with E-state index in [2.05, 4.69) is 124 Å². The maximum atomic E-state index is 10.7. The fourth-order valence-electron chi connectivity index (χ4n) is 3.75. The van der Waals surface area contributed by atoms with Crippen LogP contribution in [0.5, 0.6) is 0 Å². The van der Waals surface area contributed by atoms with Gasteiger partial charge in [-0.2, -0.15) is 13.2 Å². The highest BCUT2D eigenvalue weighted by Crippen LogP contribution is 2.40. The Morgan fingerprint density at radius 3 is 1.54 bits per heavy atom. The molecule has 4 aromatic rings. The Hall–Kier alpha value is -2.69. The number of halogens is 4. The molecule has 0 heterocycles. The van der Waals surface area contributed by atoms with Gasteiger partial charge in [0.1, 0.15) is 0 Å². The van der Waals surface area contributed by atoms with E-state index in [4.69, 9.17) is 13.0 Å². The molecule has 0 saturated carbocycles. The van der Waals surface area contributed by atoms with Crippen molar-refractivity contribution in [1.29, 1.82) is 0 Å². The highest BCUT2D eigenvalue weighted by molar-refractivity contribution is 7.86. The van der Waals surface area contributed by atoms with Gasteiger partial charge in [-0.15, -0.1) is 0 Å². The molecule has 194 valence electrons. The highest BCUT2D eigenvalue weighted by atomic mass is 127. The standard InChI is InChI=1S/C28H26I.CHF3O3S/c1-28(2,3)27-25(29-23-17-11-6-12-18-23)20-19-24(21-13-7-4-8-14-21)26(27)22-15-9-5-10-16-22;2-1(3,4)8(5,6)7/h4-20H,1-3H3;(H,5,6,7)/q+1;/p-1. The van der Waals surface area contributed by atoms with E-state index in [-0.39, 0.29) is 26.6 Å². The molecular formula is C29H26F3IO3S. The van der Waals surface area contributed by atoms with Crippen LogP contribution in [-0.2, 0) is 15.5 Å². The Morgan fingerprint density at radius 2 is 1.11 bits per heavy atom. The first-order chi connectivity index (χ1) is 17.3. The first-order valence-electron chi connectivity index (χ1n) is 11.3. The molecule has 4 aromatic carbocycles. The van der Waals surface area contributed by atoms with Crippen LogP contribution in [0.25, 0.3) is 22.3 Å². The van der Waals surface area contributed by atoms with Crippen LogP contribution in [0.3, 0.4) is 0 Å². The van der Waals surface area contributed by atoms with Gasteiger partial charge in [-0.3, -0.25) is 0 Å². The summed E-state index contributed by atoms with van der Waals surface area (Å²) in [4.78, 5) is 0. The quantitative estimate of drug-likeness (QED) is 0.188. The summed E-state index contributed by atoms with van der Waals surface area (Å²) < 4.78 is 61.9. The first-order valence-corrected chi connectivity index (χ1v) is 14.9. The molecule has 3 nitrogen and oxygen atoms in total. The van der Waals surface area contributed by atoms with Crippen molar-refractivity contribution < 1.29 is 47.3 Å². The smallest absolute Gasteiger partial charge is 0.485 e. The molecule has 0 radical (unpaired) electrons. The summed E-state index contributed by atoms with van der Waals surface area (Å²) in [6.07, 6.45) is 0. The SMILES string of the molecule is CC(C)(C)c1c([I+]c2ccccc2)ccc(-c2ccccc2)c1-c1ccccc1.O=S(=O)([O-])C(F)(F)F. The van der Waals surface area contributed by atoms with Gasteiger partial charge < -0.3 is 4.55 Å². The molecule has 0 bridgehead atoms. The Bertz CT molecular complexity index is 1420. The van der Waals surface area contributed by atoms with Crippen molar-refractivity contribution >= 4 is 10.1 Å². The fourth-order valence-corrected chi connectivity index (χ4v) is 6.90. The predicted octanol–water partition coefficient (Wildman–Crippen LogP) is 4.50. The predicted molar refractivity (Wildman–Crippen MR) is 136 cm³/mol. The van der Waals surface area contributed by atoms with E-state index in [9.17, 15) is 13.2 Å². The third-order valence-corrected chi connectivity index (χ3v) is 8.67. The highest BCUT2D eigenvalue weighted by Gasteiger charge is 2.37. The van der Waals surface area contributed by atoms with E-state index >= 15 is 0 Å². The van der Waals surface area contributed by atoms with Crippen molar-refractivity contribution in [2.75, 3.05) is 0 Å². The topological polar surface area (TPSA) is 57.2 Å². The van der Waals surface area contributed by atoms with Crippen LogP contribution in [0.2, 0.25) is 0 Å². The van der Waals surface area contributed by atoms with Gasteiger partial charge in [-0.25, -0.2) is 8.42 Å². The summed E-state index contributed by atoms with van der Waals surface area (Å²) in [6.45, 7) is 7.05. The van der Waals surface area contributed by atoms with Crippen LogP contribution >= 0.6 is 0 Å². The monoisotopic (exact) mass is 638 g/mol. The molecule has 0 spiro atoms. The summed E-state index contributed by atoms with van der Waals surface area (Å²) in [5.41, 5.74) is 1.19. The van der Waals surface area contributed by atoms with Gasteiger partial charge in [-0.1, -0.05) is 99.6 Å². The summed E-state index contributed by atoms with van der Waals surface area (Å²) in [5, 5.41) is 0. The van der Waals surface area contributed by atoms with E-state index in [1.165, 1.54) is 35.0 Å². The molecule has 4 rings (SSSR count). The molecule has 0 atom stereocenters. The van der Waals surface area contributed by atoms with Crippen molar-refractivity contribution in [2.24, 2.45) is 0 Å². The van der Waals surface area contributed by atoms with Crippen LogP contribution in [-0.4, -0.2) is 18.5 Å². The number of alkyl halides is 3. The zero-order valence-corrected chi connectivity index (χ0v) is 23.4. The van der Waals surface area contributed by atoms with Gasteiger partial charge in [0.15, 0.2) is 17.3 Å². The zero-order chi connectivity index (χ0) is 27.3. The average Bonchev–Trinajstić information content (AvgIpc) is 2.84. The Balaban J connectivity index is 0.000000414. The Morgan fingerprint density at radius 1 is 0.676 bits per heavy atom. The van der Waals surface area contributed by atoms with E-state index in [1.54, 1.807) is 0 Å². The first kappa shape index (κ1) is 28.9. The summed E-state index contributed by atoms with van der Waals surface area (Å²) in [6, 6.07) is 37.4. The maximum Gasteiger partial charge on any atom is 0.485 e. The van der Waals surface area contributed by atoms with Gasteiger partial charge in [0, 0.05) is 5.56 Å². The van der Waals surface area contributed by atoms with Gasteiger partial charge in [0.05, 0.1) is 0 Å². The zero-order valence-electron chi connectivity index (χ0n) is 20.5. The second kappa shape index (κ2) is 11.8. The van der Waals surface area contributed by atoms with Gasteiger partial charge >= 0.3 is 26.7 Å². The minimum Gasteiger partial charge on any atom is -0.741 e. The summed E-state index contributed by atoms with van der Waals surface area (Å²) in [7, 11) is -6.09. The lowest BCUT2D eigenvalue weighted by molar-refractivity contribution is -0.598. The van der Waals surface area contributed by atoms with Gasteiger partial charge in [0.25, 0.3) is 0 Å². The lowest BCUT2D eigenvalue weighted by Gasteiger charge is -2.25. The number of hydrogen-bond acceptors (Lipinski definition) is 3. The van der Waals surface area contributed by atoms with Crippen LogP contribution in [0, 0.1) is 7.14 Å². The second-order valence-corrected chi connectivity index (χ2v) is 13.4. The number of benzene rings is 4. The van der Waals surface area contributed by atoms with Crippen molar-refractivity contribution in [3.63, 3.8) is 0 Å². The minimum atomic E-state index is -6.09. The Kier molecular flexibility index (Phi) is 9.20. The molecule has 0 aliphatic heterocycles. The van der Waals surface area contributed by atoms with Crippen LogP contribution < -0.4 is 21.2 Å². The van der Waals surface area contributed by atoms with Crippen LogP contribution in [0.15, 0.2) is 103 Å². The lowest BCUT2D eigenvalue weighted by atomic mass is 9.79. The maximum absolute atomic E-state index is 10.7. The normalized spacial score (nSPS) is 12.0. The largest absolute Gasteiger partial charge is 0.741 e. The molecule has 0 aromatic heterocycles. The molecule has 0 aliphatic carbocycles. The van der Waals surface area contributed by atoms with Crippen LogP contribution in [0.4, 0.5) is 13.2 Å². The van der Waals surface area contributed by atoms with E-state index in [1.807, 2.05) is 0 Å². The average molecular weight is 638 g/mol. The number of hydrogen-bond donors (Lipinski definition) is 0. The second-order valence-electron chi connectivity index (χ2n) is 9.12. The molecule has 0 saturated heterocycles. The molecule has 0 amide bonds. The lowest BCUT2D eigenvalue weighted by Crippen LogP contribution is -3.61. The van der Waals surface area contributed by atoms with Gasteiger partial charge in [0.2, 0.25) is 0 Å². The number of rotatable bonds is 4. The van der Waals surface area contributed by atoms with Crippen molar-refractivity contribution in [3.8, 4) is 22.3 Å². The van der Waals surface area contributed by atoms with Crippen molar-refractivity contribution in [1.82, 2.24) is 0 Å². The summed E-state index contributed by atoms with van der Waals surface area (Å²) in [5.74, 6) is 0. The molecule has 0 aliphatic rings. The third kappa shape index (κ3) is 7.66. The third-order valence-electron chi connectivity index (χ3n) is 5.28. The van der Waals surface area contributed by atoms with E-state index in [0.29, 0.717) is 0 Å². The van der Waals surface area contributed by atoms with Gasteiger partial charge in [-0.05, 0) is 51.9 Å².